The Bertz CT molecular complexity index is 1520. The number of hydrogen-bond acceptors (Lipinski definition) is 5. The van der Waals surface area contributed by atoms with Gasteiger partial charge in [-0.3, -0.25) is 4.79 Å². The van der Waals surface area contributed by atoms with Gasteiger partial charge in [0.05, 0.1) is 42.0 Å². The van der Waals surface area contributed by atoms with Crippen molar-refractivity contribution in [1.82, 2.24) is 39.1 Å². The van der Waals surface area contributed by atoms with Gasteiger partial charge in [-0.1, -0.05) is 22.9 Å². The summed E-state index contributed by atoms with van der Waals surface area (Å²) in [7, 11) is 0. The molecule has 5 aromatic rings. The molecule has 0 radical (unpaired) electrons. The van der Waals surface area contributed by atoms with Crippen molar-refractivity contribution in [2.24, 2.45) is 0 Å². The monoisotopic (exact) mass is 464 g/mol. The van der Waals surface area contributed by atoms with Crippen LogP contribution in [0.2, 0.25) is 5.02 Å². The Kier molecular flexibility index (Phi) is 4.61. The number of nitrogens with zero attached hydrogens (tertiary/aromatic N) is 7. The van der Waals surface area contributed by atoms with Gasteiger partial charge in [0.1, 0.15) is 11.2 Å². The van der Waals surface area contributed by atoms with Crippen LogP contribution in [0.25, 0.3) is 11.2 Å². The van der Waals surface area contributed by atoms with E-state index in [0.717, 1.165) is 11.3 Å². The Labute approximate surface area is 191 Å². The Morgan fingerprint density at radius 2 is 2.06 bits per heavy atom. The zero-order valence-electron chi connectivity index (χ0n) is 17.3. The van der Waals surface area contributed by atoms with E-state index in [9.17, 15) is 9.18 Å². The molecule has 5 aromatic heterocycles. The molecule has 0 bridgehead atoms. The number of aromatic nitrogens is 7. The van der Waals surface area contributed by atoms with Gasteiger partial charge < -0.3 is 14.1 Å². The van der Waals surface area contributed by atoms with Gasteiger partial charge in [-0.25, -0.2) is 19.0 Å². The summed E-state index contributed by atoms with van der Waals surface area (Å²) in [6.45, 7) is 0.408. The van der Waals surface area contributed by atoms with Gasteiger partial charge in [0, 0.05) is 18.6 Å². The molecule has 0 saturated heterocycles. The highest BCUT2D eigenvalue weighted by atomic mass is 35.5. The molecule has 0 spiro atoms. The lowest BCUT2D eigenvalue weighted by molar-refractivity contribution is 0.0945. The Balaban J connectivity index is 1.14. The normalized spacial score (nSPS) is 13.8. The van der Waals surface area contributed by atoms with Crippen molar-refractivity contribution in [1.29, 1.82) is 0 Å². The number of nitrogens with one attached hydrogen (secondary N) is 1. The summed E-state index contributed by atoms with van der Waals surface area (Å²) in [5.74, 6) is -0.345. The molecule has 9 nitrogen and oxygen atoms in total. The van der Waals surface area contributed by atoms with Crippen LogP contribution in [0.3, 0.4) is 0 Å². The van der Waals surface area contributed by atoms with E-state index < -0.39 is 11.7 Å². The lowest BCUT2D eigenvalue weighted by Crippen LogP contribution is -2.23. The summed E-state index contributed by atoms with van der Waals surface area (Å²) in [4.78, 5) is 21.3. The van der Waals surface area contributed by atoms with Crippen molar-refractivity contribution in [3.8, 4) is 0 Å². The summed E-state index contributed by atoms with van der Waals surface area (Å²) in [6, 6.07) is 5.60. The fraction of sp³-hybridized carbons (Fsp3) is 0.227. The second-order valence-corrected chi connectivity index (χ2v) is 8.55. The van der Waals surface area contributed by atoms with Crippen LogP contribution < -0.4 is 5.32 Å². The minimum absolute atomic E-state index is 0.00534. The number of carbonyl (C=O) groups excluding carboxylic acids is 1. The van der Waals surface area contributed by atoms with Crippen LogP contribution in [-0.2, 0) is 13.1 Å². The highest BCUT2D eigenvalue weighted by molar-refractivity contribution is 6.31. The molecule has 1 N–H and O–H groups in total. The van der Waals surface area contributed by atoms with Crippen LogP contribution in [0.15, 0.2) is 49.3 Å². The zero-order valence-corrected chi connectivity index (χ0v) is 18.1. The fourth-order valence-electron chi connectivity index (χ4n) is 3.91. The number of pyridine rings is 2. The molecule has 33 heavy (non-hydrogen) atoms. The van der Waals surface area contributed by atoms with Gasteiger partial charge in [0.25, 0.3) is 5.91 Å². The fourth-order valence-corrected chi connectivity index (χ4v) is 4.06. The molecule has 11 heteroatoms. The molecule has 1 aliphatic carbocycles. The minimum atomic E-state index is -0.580. The highest BCUT2D eigenvalue weighted by Crippen LogP contribution is 2.39. The largest absolute Gasteiger partial charge is 0.345 e. The van der Waals surface area contributed by atoms with Gasteiger partial charge in [0.15, 0.2) is 11.5 Å². The summed E-state index contributed by atoms with van der Waals surface area (Å²) in [5.41, 5.74) is 3.76. The van der Waals surface area contributed by atoms with Gasteiger partial charge in [-0.15, -0.1) is 5.10 Å². The number of hydrogen-bond donors (Lipinski definition) is 1. The van der Waals surface area contributed by atoms with E-state index in [4.69, 9.17) is 11.6 Å². The van der Waals surface area contributed by atoms with Crippen molar-refractivity contribution < 1.29 is 9.18 Å². The molecular weight excluding hydrogens is 447 g/mol. The molecule has 0 unspecified atom stereocenters. The summed E-state index contributed by atoms with van der Waals surface area (Å²) in [6.07, 6.45) is 11.2. The van der Waals surface area contributed by atoms with Crippen molar-refractivity contribution in [3.63, 3.8) is 0 Å². The number of carbonyl (C=O) groups is 1. The maximum absolute atomic E-state index is 14.4. The Morgan fingerprint density at radius 1 is 1.18 bits per heavy atom. The van der Waals surface area contributed by atoms with E-state index in [1.807, 2.05) is 16.7 Å². The number of amides is 1. The van der Waals surface area contributed by atoms with Crippen LogP contribution in [0.1, 0.15) is 46.2 Å². The Hall–Kier alpha value is -3.79. The lowest BCUT2D eigenvalue weighted by atomic mass is 10.2. The first-order valence-corrected chi connectivity index (χ1v) is 10.9. The third-order valence-corrected chi connectivity index (χ3v) is 6.04. The summed E-state index contributed by atoms with van der Waals surface area (Å²) >= 11 is 5.86. The first kappa shape index (κ1) is 19.9. The maximum atomic E-state index is 14.4. The van der Waals surface area contributed by atoms with Crippen LogP contribution in [-0.4, -0.2) is 39.7 Å². The smallest absolute Gasteiger partial charge is 0.273 e. The molecule has 1 aliphatic rings. The quantitative estimate of drug-likeness (QED) is 0.416. The number of imidazole rings is 2. The van der Waals surface area contributed by atoms with Gasteiger partial charge in [-0.05, 0) is 36.5 Å². The third kappa shape index (κ3) is 3.72. The zero-order chi connectivity index (χ0) is 22.5. The average Bonchev–Trinajstić information content (AvgIpc) is 3.23. The number of rotatable bonds is 6. The van der Waals surface area contributed by atoms with E-state index >= 15 is 0 Å². The van der Waals surface area contributed by atoms with E-state index in [1.54, 1.807) is 17.1 Å². The molecule has 0 atom stereocenters. The van der Waals surface area contributed by atoms with Crippen LogP contribution >= 0.6 is 11.6 Å². The molecule has 1 fully saturated rings. The predicted molar refractivity (Wildman–Crippen MR) is 118 cm³/mol. The van der Waals surface area contributed by atoms with Gasteiger partial charge >= 0.3 is 0 Å². The third-order valence-electron chi connectivity index (χ3n) is 5.75. The Morgan fingerprint density at radius 3 is 2.91 bits per heavy atom. The average molecular weight is 465 g/mol. The van der Waals surface area contributed by atoms with Crippen LogP contribution in [0, 0.1) is 5.82 Å². The molecular formula is C22H18ClFN8O. The van der Waals surface area contributed by atoms with Crippen molar-refractivity contribution in [3.05, 3.63) is 82.8 Å². The lowest BCUT2D eigenvalue weighted by Gasteiger charge is -2.03. The molecule has 1 saturated carbocycles. The number of fused-ring (bicyclic) bond motifs is 2. The van der Waals surface area contributed by atoms with E-state index in [-0.39, 0.29) is 22.8 Å². The van der Waals surface area contributed by atoms with Crippen molar-refractivity contribution in [2.45, 2.75) is 31.8 Å². The number of halogens is 2. The second-order valence-electron chi connectivity index (χ2n) is 8.14. The molecule has 0 aliphatic heterocycles. The van der Waals surface area contributed by atoms with Gasteiger partial charge in [0.2, 0.25) is 0 Å². The van der Waals surface area contributed by atoms with Crippen LogP contribution in [0.5, 0.6) is 0 Å². The summed E-state index contributed by atoms with van der Waals surface area (Å²) < 4.78 is 19.4. The highest BCUT2D eigenvalue weighted by Gasteiger charge is 2.24. The second kappa shape index (κ2) is 7.66. The molecule has 6 rings (SSSR count). The van der Waals surface area contributed by atoms with Crippen LogP contribution in [0.4, 0.5) is 4.39 Å². The maximum Gasteiger partial charge on any atom is 0.273 e. The molecule has 1 amide bonds. The van der Waals surface area contributed by atoms with Gasteiger partial charge in [-0.2, -0.15) is 0 Å². The van der Waals surface area contributed by atoms with Crippen molar-refractivity contribution >= 4 is 28.7 Å². The standard InChI is InChI=1S/C22H18ClFN8O/c23-16-5-6-30-12-26-17(21(30)20(16)24)7-25-22(33)18-11-32(29-28-18)10-15-9-31-8-14(13-1-2-13)3-4-19(31)27-15/h3-6,8-9,11-13H,1-2,7,10H2,(H,25,33). The van der Waals surface area contributed by atoms with Crippen molar-refractivity contribution in [2.75, 3.05) is 0 Å². The van der Waals surface area contributed by atoms with E-state index in [2.05, 4.69) is 37.9 Å². The minimum Gasteiger partial charge on any atom is -0.345 e. The molecule has 166 valence electrons. The van der Waals surface area contributed by atoms with E-state index in [1.165, 1.54) is 35.2 Å². The van der Waals surface area contributed by atoms with E-state index in [0.29, 0.717) is 18.2 Å². The first-order valence-electron chi connectivity index (χ1n) is 10.5. The molecule has 5 heterocycles. The first-order chi connectivity index (χ1) is 16.0. The predicted octanol–water partition coefficient (Wildman–Crippen LogP) is 3.22. The molecule has 0 aromatic carbocycles. The SMILES string of the molecule is O=C(NCc1ncn2ccc(Cl)c(F)c12)c1cn(Cc2cn3cc(C4CC4)ccc3n2)nn1. The summed E-state index contributed by atoms with van der Waals surface area (Å²) in [5, 5.41) is 10.7. The topological polar surface area (TPSA) is 94.4 Å².